The largest absolute Gasteiger partial charge is 0.381 e. The molecule has 2 aliphatic heterocycles. The fraction of sp³-hybridized carbons (Fsp3) is 0.471. The molecule has 0 aromatic carbocycles. The maximum Gasteiger partial charge on any atom is 0.223 e. The van der Waals surface area contributed by atoms with Crippen LogP contribution in [0.3, 0.4) is 0 Å². The van der Waals surface area contributed by atoms with Crippen molar-refractivity contribution in [3.63, 3.8) is 0 Å². The van der Waals surface area contributed by atoms with E-state index in [-0.39, 0.29) is 11.3 Å². The number of hydrogen-bond acceptors (Lipinski definition) is 5. The highest BCUT2D eigenvalue weighted by atomic mass is 16.5. The highest BCUT2D eigenvalue weighted by Crippen LogP contribution is 2.38. The molecule has 120 valence electrons. The lowest BCUT2D eigenvalue weighted by Gasteiger charge is -2.38. The Bertz CT molecular complexity index is 692. The zero-order chi connectivity index (χ0) is 15.7. The molecular weight excluding hydrogens is 294 g/mol. The van der Waals surface area contributed by atoms with Gasteiger partial charge in [0.15, 0.2) is 5.76 Å². The van der Waals surface area contributed by atoms with Crippen LogP contribution in [0.4, 0.5) is 0 Å². The van der Waals surface area contributed by atoms with Crippen molar-refractivity contribution in [1.82, 2.24) is 15.0 Å². The van der Waals surface area contributed by atoms with Crippen LogP contribution in [0.2, 0.25) is 0 Å². The van der Waals surface area contributed by atoms with Gasteiger partial charge in [-0.15, -0.1) is 0 Å². The molecule has 6 nitrogen and oxygen atoms in total. The third kappa shape index (κ3) is 2.86. The Balaban J connectivity index is 1.49. The van der Waals surface area contributed by atoms with E-state index in [2.05, 4.69) is 10.1 Å². The van der Waals surface area contributed by atoms with E-state index < -0.39 is 0 Å². The molecule has 1 spiro atoms. The number of nitrogens with zero attached hydrogens (tertiary/aromatic N) is 3. The van der Waals surface area contributed by atoms with Crippen molar-refractivity contribution in [2.75, 3.05) is 19.8 Å². The Hall–Kier alpha value is -2.21. The van der Waals surface area contributed by atoms with Crippen molar-refractivity contribution in [3.05, 3.63) is 36.4 Å². The number of ether oxygens (including phenoxy) is 1. The monoisotopic (exact) mass is 313 g/mol. The number of hydrogen-bond donors (Lipinski definition) is 0. The normalized spacial score (nSPS) is 24.5. The quantitative estimate of drug-likeness (QED) is 0.869. The number of likely N-dealkylation sites (tertiary alicyclic amines) is 1. The first-order valence-corrected chi connectivity index (χ1v) is 7.96. The summed E-state index contributed by atoms with van der Waals surface area (Å²) in [6, 6.07) is 5.68. The molecule has 2 aromatic heterocycles. The zero-order valence-electron chi connectivity index (χ0n) is 12.9. The Kier molecular flexibility index (Phi) is 3.61. The molecule has 0 bridgehead atoms. The Morgan fingerprint density at radius 1 is 1.35 bits per heavy atom. The summed E-state index contributed by atoms with van der Waals surface area (Å²) in [4.78, 5) is 18.2. The van der Waals surface area contributed by atoms with Gasteiger partial charge in [0, 0.05) is 49.0 Å². The van der Waals surface area contributed by atoms with Crippen molar-refractivity contribution in [3.8, 4) is 11.3 Å². The molecule has 2 saturated heterocycles. The van der Waals surface area contributed by atoms with Gasteiger partial charge in [-0.25, -0.2) is 0 Å². The van der Waals surface area contributed by atoms with Gasteiger partial charge in [-0.3, -0.25) is 9.78 Å². The van der Waals surface area contributed by atoms with Crippen LogP contribution in [0.15, 0.2) is 35.1 Å². The minimum atomic E-state index is 0.139. The van der Waals surface area contributed by atoms with E-state index in [4.69, 9.17) is 9.26 Å². The maximum atomic E-state index is 12.2. The first kappa shape index (κ1) is 14.4. The van der Waals surface area contributed by atoms with Gasteiger partial charge in [-0.05, 0) is 25.0 Å². The number of piperidine rings is 1. The van der Waals surface area contributed by atoms with E-state index in [1.807, 2.05) is 23.1 Å². The third-order valence-corrected chi connectivity index (χ3v) is 4.80. The Morgan fingerprint density at radius 2 is 2.30 bits per heavy atom. The van der Waals surface area contributed by atoms with Crippen LogP contribution in [0.1, 0.15) is 25.0 Å². The number of pyridine rings is 1. The van der Waals surface area contributed by atoms with Gasteiger partial charge in [-0.2, -0.15) is 0 Å². The van der Waals surface area contributed by atoms with E-state index in [9.17, 15) is 4.79 Å². The number of aromatic nitrogens is 2. The summed E-state index contributed by atoms with van der Waals surface area (Å²) >= 11 is 0. The smallest absolute Gasteiger partial charge is 0.223 e. The summed E-state index contributed by atoms with van der Waals surface area (Å²) in [6.45, 7) is 2.77. The molecular formula is C17H19N3O3. The van der Waals surface area contributed by atoms with E-state index in [0.717, 1.165) is 43.9 Å². The molecule has 4 rings (SSSR count). The summed E-state index contributed by atoms with van der Waals surface area (Å²) in [5.41, 5.74) is 1.80. The molecule has 2 aromatic rings. The van der Waals surface area contributed by atoms with Gasteiger partial charge in [0.25, 0.3) is 0 Å². The first-order valence-electron chi connectivity index (χ1n) is 7.96. The van der Waals surface area contributed by atoms with Gasteiger partial charge in [0.05, 0.1) is 13.2 Å². The van der Waals surface area contributed by atoms with Crippen LogP contribution in [0, 0.1) is 5.41 Å². The van der Waals surface area contributed by atoms with E-state index in [0.29, 0.717) is 18.7 Å². The highest BCUT2D eigenvalue weighted by Gasteiger charge is 2.41. The van der Waals surface area contributed by atoms with Crippen LogP contribution < -0.4 is 0 Å². The van der Waals surface area contributed by atoms with Gasteiger partial charge < -0.3 is 14.2 Å². The van der Waals surface area contributed by atoms with Crippen LogP contribution in [-0.4, -0.2) is 40.7 Å². The fourth-order valence-corrected chi connectivity index (χ4v) is 3.44. The summed E-state index contributed by atoms with van der Waals surface area (Å²) in [5.74, 6) is 0.884. The summed E-state index contributed by atoms with van der Waals surface area (Å²) in [7, 11) is 0. The van der Waals surface area contributed by atoms with Gasteiger partial charge in [-0.1, -0.05) is 5.16 Å². The minimum absolute atomic E-state index is 0.139. The van der Waals surface area contributed by atoms with Gasteiger partial charge in [0.2, 0.25) is 5.91 Å². The Morgan fingerprint density at radius 3 is 3.09 bits per heavy atom. The van der Waals surface area contributed by atoms with Gasteiger partial charge in [0.1, 0.15) is 5.69 Å². The predicted octanol–water partition coefficient (Wildman–Crippen LogP) is 2.27. The fourth-order valence-electron chi connectivity index (χ4n) is 3.44. The predicted molar refractivity (Wildman–Crippen MR) is 82.3 cm³/mol. The molecule has 0 saturated carbocycles. The molecule has 2 aliphatic rings. The molecule has 6 heteroatoms. The Labute approximate surface area is 134 Å². The average molecular weight is 313 g/mol. The molecule has 1 atom stereocenters. The van der Waals surface area contributed by atoms with Crippen LogP contribution in [0.5, 0.6) is 0 Å². The molecule has 0 aliphatic carbocycles. The minimum Gasteiger partial charge on any atom is -0.381 e. The maximum absolute atomic E-state index is 12.2. The third-order valence-electron chi connectivity index (χ3n) is 4.80. The van der Waals surface area contributed by atoms with Crippen LogP contribution in [0.25, 0.3) is 11.3 Å². The van der Waals surface area contributed by atoms with E-state index in [1.54, 1.807) is 12.4 Å². The van der Waals surface area contributed by atoms with Crippen molar-refractivity contribution >= 4 is 5.91 Å². The number of rotatable bonds is 3. The van der Waals surface area contributed by atoms with E-state index >= 15 is 0 Å². The number of carbonyl (C=O) groups is 1. The van der Waals surface area contributed by atoms with Crippen molar-refractivity contribution in [2.24, 2.45) is 5.41 Å². The molecule has 2 fully saturated rings. The van der Waals surface area contributed by atoms with Crippen molar-refractivity contribution in [2.45, 2.75) is 25.8 Å². The summed E-state index contributed by atoms with van der Waals surface area (Å²) < 4.78 is 11.0. The molecule has 1 amide bonds. The lowest BCUT2D eigenvalue weighted by Crippen LogP contribution is -2.46. The topological polar surface area (TPSA) is 68.5 Å². The molecule has 0 N–H and O–H groups in total. The second kappa shape index (κ2) is 5.77. The SMILES string of the molecule is O=C1CC[C@@]2(CCOC2)CN1Cc1cc(-c2cccnc2)no1. The molecule has 0 unspecified atom stereocenters. The van der Waals surface area contributed by atoms with E-state index in [1.165, 1.54) is 0 Å². The second-order valence-corrected chi connectivity index (χ2v) is 6.47. The average Bonchev–Trinajstić information content (AvgIpc) is 3.22. The van der Waals surface area contributed by atoms with Crippen LogP contribution in [-0.2, 0) is 16.1 Å². The zero-order valence-corrected chi connectivity index (χ0v) is 12.9. The van der Waals surface area contributed by atoms with Gasteiger partial charge >= 0.3 is 0 Å². The second-order valence-electron chi connectivity index (χ2n) is 6.47. The van der Waals surface area contributed by atoms with Crippen molar-refractivity contribution in [1.29, 1.82) is 0 Å². The molecule has 23 heavy (non-hydrogen) atoms. The molecule has 4 heterocycles. The molecule has 0 radical (unpaired) electrons. The summed E-state index contributed by atoms with van der Waals surface area (Å²) in [6.07, 6.45) is 6.03. The lowest BCUT2D eigenvalue weighted by molar-refractivity contribution is -0.138. The first-order chi connectivity index (χ1) is 11.2. The standard InChI is InChI=1S/C17H19N3O3/c21-16-3-4-17(5-7-22-12-17)11-20(16)10-14-8-15(19-23-14)13-2-1-6-18-9-13/h1-2,6,8-9H,3-5,7,10-12H2/t17-/m1/s1. The lowest BCUT2D eigenvalue weighted by atomic mass is 9.79. The number of carbonyl (C=O) groups excluding carboxylic acids is 1. The van der Waals surface area contributed by atoms with Crippen LogP contribution >= 0.6 is 0 Å². The summed E-state index contributed by atoms with van der Waals surface area (Å²) in [5, 5.41) is 4.09. The van der Waals surface area contributed by atoms with Crippen molar-refractivity contribution < 1.29 is 14.1 Å². The number of amides is 1. The highest BCUT2D eigenvalue weighted by molar-refractivity contribution is 5.77.